The van der Waals surface area contributed by atoms with Crippen LogP contribution in [0.25, 0.3) is 11.3 Å². The van der Waals surface area contributed by atoms with Crippen molar-refractivity contribution in [2.45, 2.75) is 13.3 Å². The van der Waals surface area contributed by atoms with E-state index in [2.05, 4.69) is 20.3 Å². The topological polar surface area (TPSA) is 86.5 Å². The number of hydrogen-bond acceptors (Lipinski definition) is 6. The van der Waals surface area contributed by atoms with Gasteiger partial charge in [-0.1, -0.05) is 6.92 Å². The van der Waals surface area contributed by atoms with Gasteiger partial charge < -0.3 is 14.8 Å². The molecule has 1 heterocycles. The van der Waals surface area contributed by atoms with Crippen molar-refractivity contribution in [3.05, 3.63) is 18.2 Å². The molecule has 1 aromatic heterocycles. The molecule has 7 heteroatoms. The van der Waals surface area contributed by atoms with Gasteiger partial charge in [0.1, 0.15) is 0 Å². The van der Waals surface area contributed by atoms with Crippen molar-refractivity contribution in [3.8, 4) is 22.8 Å². The Balaban J connectivity index is 2.37. The summed E-state index contributed by atoms with van der Waals surface area (Å²) in [7, 11) is 3.10. The molecule has 0 atom stereocenters. The van der Waals surface area contributed by atoms with Gasteiger partial charge in [0.15, 0.2) is 17.2 Å². The molecular formula is C13H15N3O4. The molecule has 1 aromatic carbocycles. The second-order valence-electron chi connectivity index (χ2n) is 3.93. The summed E-state index contributed by atoms with van der Waals surface area (Å²) in [6.07, 6.45) is 0.345. The van der Waals surface area contributed by atoms with E-state index in [4.69, 9.17) is 9.47 Å². The Kier molecular flexibility index (Phi) is 4.19. The number of rotatable bonds is 5. The first-order valence-electron chi connectivity index (χ1n) is 6.04. The van der Waals surface area contributed by atoms with E-state index in [9.17, 15) is 4.79 Å². The van der Waals surface area contributed by atoms with Crippen LogP contribution in [-0.2, 0) is 4.79 Å². The second-order valence-corrected chi connectivity index (χ2v) is 3.93. The number of benzene rings is 1. The average molecular weight is 277 g/mol. The van der Waals surface area contributed by atoms with Gasteiger partial charge in [-0.25, -0.2) is 4.63 Å². The summed E-state index contributed by atoms with van der Waals surface area (Å²) in [5.41, 5.74) is 1.14. The summed E-state index contributed by atoms with van der Waals surface area (Å²) in [6, 6.07) is 5.26. The van der Waals surface area contributed by atoms with Gasteiger partial charge in [-0.2, -0.15) is 0 Å². The second kappa shape index (κ2) is 6.05. The molecule has 0 saturated carbocycles. The van der Waals surface area contributed by atoms with Gasteiger partial charge in [0, 0.05) is 12.0 Å². The molecule has 106 valence electrons. The molecule has 0 bridgehead atoms. The molecule has 7 nitrogen and oxygen atoms in total. The standard InChI is InChI=1S/C13H15N3O4/c1-4-11(17)14-13-12(15-20-16-13)8-5-6-9(18-2)10(7-8)19-3/h5-7H,4H2,1-3H3,(H,14,16,17). The van der Waals surface area contributed by atoms with Gasteiger partial charge >= 0.3 is 0 Å². The zero-order valence-corrected chi connectivity index (χ0v) is 11.5. The van der Waals surface area contributed by atoms with Gasteiger partial charge in [0.2, 0.25) is 11.7 Å². The van der Waals surface area contributed by atoms with Crippen molar-refractivity contribution in [1.82, 2.24) is 10.3 Å². The highest BCUT2D eigenvalue weighted by molar-refractivity contribution is 5.92. The minimum atomic E-state index is -0.164. The predicted molar refractivity (Wildman–Crippen MR) is 71.8 cm³/mol. The van der Waals surface area contributed by atoms with Gasteiger partial charge in [0.25, 0.3) is 0 Å². The third-order valence-corrected chi connectivity index (χ3v) is 2.72. The Morgan fingerprint density at radius 1 is 1.25 bits per heavy atom. The van der Waals surface area contributed by atoms with Crippen LogP contribution in [0.3, 0.4) is 0 Å². The molecule has 0 radical (unpaired) electrons. The molecule has 0 fully saturated rings. The lowest BCUT2D eigenvalue weighted by molar-refractivity contribution is -0.115. The lowest BCUT2D eigenvalue weighted by Gasteiger charge is -2.08. The highest BCUT2D eigenvalue weighted by Crippen LogP contribution is 2.33. The van der Waals surface area contributed by atoms with E-state index < -0.39 is 0 Å². The number of ether oxygens (including phenoxy) is 2. The summed E-state index contributed by atoms with van der Waals surface area (Å²) in [5, 5.41) is 10.1. The summed E-state index contributed by atoms with van der Waals surface area (Å²) >= 11 is 0. The van der Waals surface area contributed by atoms with Crippen molar-refractivity contribution in [2.24, 2.45) is 0 Å². The van der Waals surface area contributed by atoms with Gasteiger partial charge in [0.05, 0.1) is 14.2 Å². The van der Waals surface area contributed by atoms with Crippen LogP contribution in [0, 0.1) is 0 Å². The predicted octanol–water partition coefficient (Wildman–Crippen LogP) is 2.10. The highest BCUT2D eigenvalue weighted by Gasteiger charge is 2.16. The molecule has 0 aliphatic heterocycles. The number of nitrogens with one attached hydrogen (secondary N) is 1. The molecule has 1 amide bonds. The number of carbonyl (C=O) groups is 1. The molecule has 2 rings (SSSR count). The molecule has 0 aliphatic carbocycles. The van der Waals surface area contributed by atoms with Crippen LogP contribution in [-0.4, -0.2) is 30.4 Å². The molecule has 0 saturated heterocycles. The number of methoxy groups -OCH3 is 2. The number of amides is 1. The molecule has 2 aromatic rings. The number of anilines is 1. The van der Waals surface area contributed by atoms with E-state index >= 15 is 0 Å². The van der Waals surface area contributed by atoms with Crippen LogP contribution in [0.15, 0.2) is 22.8 Å². The van der Waals surface area contributed by atoms with Crippen LogP contribution >= 0.6 is 0 Å². The number of hydrogen-bond donors (Lipinski definition) is 1. The summed E-state index contributed by atoms with van der Waals surface area (Å²) in [5.74, 6) is 1.28. The lowest BCUT2D eigenvalue weighted by atomic mass is 10.1. The monoisotopic (exact) mass is 277 g/mol. The zero-order valence-electron chi connectivity index (χ0n) is 11.5. The number of aromatic nitrogens is 2. The largest absolute Gasteiger partial charge is 0.493 e. The maximum Gasteiger partial charge on any atom is 0.225 e. The van der Waals surface area contributed by atoms with Gasteiger partial charge in [-0.05, 0) is 28.5 Å². The van der Waals surface area contributed by atoms with Crippen LogP contribution in [0.2, 0.25) is 0 Å². The average Bonchev–Trinajstić information content (AvgIpc) is 2.94. The fourth-order valence-corrected chi connectivity index (χ4v) is 1.66. The van der Waals surface area contributed by atoms with Crippen molar-refractivity contribution in [3.63, 3.8) is 0 Å². The number of carbonyl (C=O) groups excluding carboxylic acids is 1. The van der Waals surface area contributed by atoms with Crippen LogP contribution in [0.5, 0.6) is 11.5 Å². The summed E-state index contributed by atoms with van der Waals surface area (Å²) < 4.78 is 15.1. The van der Waals surface area contributed by atoms with Crippen LogP contribution in [0.1, 0.15) is 13.3 Å². The first kappa shape index (κ1) is 13.9. The van der Waals surface area contributed by atoms with E-state index in [-0.39, 0.29) is 11.7 Å². The van der Waals surface area contributed by atoms with Crippen molar-refractivity contribution < 1.29 is 18.9 Å². The van der Waals surface area contributed by atoms with Crippen LogP contribution in [0.4, 0.5) is 5.82 Å². The Hall–Kier alpha value is -2.57. The van der Waals surface area contributed by atoms with Crippen molar-refractivity contribution in [1.29, 1.82) is 0 Å². The third-order valence-electron chi connectivity index (χ3n) is 2.72. The Bertz CT molecular complexity index is 609. The molecule has 0 aliphatic rings. The highest BCUT2D eigenvalue weighted by atomic mass is 16.6. The summed E-state index contributed by atoms with van der Waals surface area (Å²) in [6.45, 7) is 1.75. The number of nitrogens with zero attached hydrogens (tertiary/aromatic N) is 2. The quantitative estimate of drug-likeness (QED) is 0.900. The van der Waals surface area contributed by atoms with Gasteiger partial charge in [-0.3, -0.25) is 4.79 Å². The smallest absolute Gasteiger partial charge is 0.225 e. The molecule has 1 N–H and O–H groups in total. The van der Waals surface area contributed by atoms with Crippen molar-refractivity contribution >= 4 is 11.7 Å². The maximum absolute atomic E-state index is 11.4. The molecule has 0 unspecified atom stereocenters. The van der Waals surface area contributed by atoms with E-state index in [1.807, 2.05) is 0 Å². The van der Waals surface area contributed by atoms with Gasteiger partial charge in [-0.15, -0.1) is 0 Å². The Morgan fingerprint density at radius 3 is 2.65 bits per heavy atom. The lowest BCUT2D eigenvalue weighted by Crippen LogP contribution is -2.10. The van der Waals surface area contributed by atoms with Crippen LogP contribution < -0.4 is 14.8 Å². The van der Waals surface area contributed by atoms with E-state index in [1.54, 1.807) is 39.3 Å². The maximum atomic E-state index is 11.4. The normalized spacial score (nSPS) is 10.2. The Morgan fingerprint density at radius 2 is 2.00 bits per heavy atom. The molecular weight excluding hydrogens is 262 g/mol. The summed E-state index contributed by atoms with van der Waals surface area (Å²) in [4.78, 5) is 11.4. The zero-order chi connectivity index (χ0) is 14.5. The van der Waals surface area contributed by atoms with E-state index in [1.165, 1.54) is 0 Å². The van der Waals surface area contributed by atoms with E-state index in [0.29, 0.717) is 29.2 Å². The fraction of sp³-hybridized carbons (Fsp3) is 0.308. The minimum absolute atomic E-state index is 0.164. The Labute approximate surface area is 115 Å². The van der Waals surface area contributed by atoms with Crippen molar-refractivity contribution in [2.75, 3.05) is 19.5 Å². The van der Waals surface area contributed by atoms with E-state index in [0.717, 1.165) is 0 Å². The first-order chi connectivity index (χ1) is 9.69. The SMILES string of the molecule is CCC(=O)Nc1nonc1-c1ccc(OC)c(OC)c1. The fourth-order valence-electron chi connectivity index (χ4n) is 1.66. The third kappa shape index (κ3) is 2.71. The molecule has 20 heavy (non-hydrogen) atoms. The first-order valence-corrected chi connectivity index (χ1v) is 6.04. The minimum Gasteiger partial charge on any atom is -0.493 e. The molecule has 0 spiro atoms.